The molecule has 4 nitrogen and oxygen atoms in total. The molecule has 0 radical (unpaired) electrons. The van der Waals surface area contributed by atoms with Gasteiger partial charge in [-0.15, -0.1) is 0 Å². The van der Waals surface area contributed by atoms with Crippen molar-refractivity contribution in [2.45, 2.75) is 96.7 Å². The Morgan fingerprint density at radius 3 is 2.67 bits per heavy atom. The van der Waals surface area contributed by atoms with Gasteiger partial charge < -0.3 is 14.6 Å². The molecule has 0 amide bonds. The van der Waals surface area contributed by atoms with Crippen LogP contribution in [0.5, 0.6) is 0 Å². The maximum atomic E-state index is 11.7. The Hall–Kier alpha value is -1.29. The fourth-order valence-corrected chi connectivity index (χ4v) is 8.29. The van der Waals surface area contributed by atoms with Crippen LogP contribution in [0.4, 0.5) is 0 Å². The van der Waals surface area contributed by atoms with Gasteiger partial charge in [-0.3, -0.25) is 4.79 Å². The van der Waals surface area contributed by atoms with Crippen LogP contribution in [0.2, 0.25) is 0 Å². The standard InChI is InChI=1S/C26H38O4/c1-17(28)29-23-13-12-21-20-11-10-18-6-5-9-24(30-19-7-3-4-8-19)26(18,16-27)22(20)14-15-25(21,23)2/h6-7,20-24,27H,3-5,8-16H2,1-2H3/t20?,21?,22?,23-,24?,25-,26-/m0/s1. The molecule has 0 spiro atoms. The molecule has 0 heterocycles. The summed E-state index contributed by atoms with van der Waals surface area (Å²) in [4.78, 5) is 11.7. The summed E-state index contributed by atoms with van der Waals surface area (Å²) in [6.07, 6.45) is 16.9. The van der Waals surface area contributed by atoms with Crippen molar-refractivity contribution in [3.63, 3.8) is 0 Å². The van der Waals surface area contributed by atoms with E-state index in [1.54, 1.807) is 6.92 Å². The number of fused-ring (bicyclic) bond motifs is 5. The summed E-state index contributed by atoms with van der Waals surface area (Å²) in [6.45, 7) is 4.11. The molecule has 4 unspecified atom stereocenters. The normalized spacial score (nSPS) is 45.0. The number of rotatable bonds is 4. The maximum absolute atomic E-state index is 11.7. The zero-order valence-electron chi connectivity index (χ0n) is 18.7. The monoisotopic (exact) mass is 414 g/mol. The first-order valence-electron chi connectivity index (χ1n) is 12.3. The van der Waals surface area contributed by atoms with Crippen molar-refractivity contribution in [2.75, 3.05) is 6.61 Å². The van der Waals surface area contributed by atoms with Gasteiger partial charge in [0.05, 0.1) is 17.8 Å². The van der Waals surface area contributed by atoms with Gasteiger partial charge in [0, 0.05) is 18.8 Å². The number of aliphatic hydroxyl groups excluding tert-OH is 1. The molecule has 0 bridgehead atoms. The molecule has 0 aromatic carbocycles. The van der Waals surface area contributed by atoms with Crippen molar-refractivity contribution in [2.24, 2.45) is 28.6 Å². The van der Waals surface area contributed by atoms with Crippen LogP contribution in [-0.2, 0) is 14.3 Å². The summed E-state index contributed by atoms with van der Waals surface area (Å²) in [6, 6.07) is 0. The minimum atomic E-state index is -0.217. The van der Waals surface area contributed by atoms with Crippen LogP contribution in [0, 0.1) is 28.6 Å². The summed E-state index contributed by atoms with van der Waals surface area (Å²) < 4.78 is 12.5. The number of aliphatic hydroxyl groups is 1. The Kier molecular flexibility index (Phi) is 5.28. The molecule has 0 aliphatic heterocycles. The number of hydrogen-bond acceptors (Lipinski definition) is 4. The predicted molar refractivity (Wildman–Crippen MR) is 115 cm³/mol. The molecule has 5 aliphatic rings. The van der Waals surface area contributed by atoms with E-state index in [0.717, 1.165) is 63.5 Å². The van der Waals surface area contributed by atoms with Crippen LogP contribution in [0.25, 0.3) is 0 Å². The molecule has 5 rings (SSSR count). The molecule has 3 saturated carbocycles. The predicted octanol–water partition coefficient (Wildman–Crippen LogP) is 5.31. The Labute approximate surface area is 181 Å². The van der Waals surface area contributed by atoms with Crippen LogP contribution >= 0.6 is 0 Å². The minimum absolute atomic E-state index is 0.0602. The number of hydrogen-bond donors (Lipinski definition) is 1. The first-order chi connectivity index (χ1) is 14.5. The van der Waals surface area contributed by atoms with E-state index in [4.69, 9.17) is 9.47 Å². The highest BCUT2D eigenvalue weighted by molar-refractivity contribution is 5.66. The molecule has 0 aromatic rings. The quantitative estimate of drug-likeness (QED) is 0.500. The van der Waals surface area contributed by atoms with Gasteiger partial charge in [0.1, 0.15) is 12.2 Å². The van der Waals surface area contributed by atoms with Crippen LogP contribution in [-0.4, -0.2) is 29.9 Å². The Morgan fingerprint density at radius 1 is 1.07 bits per heavy atom. The molecular weight excluding hydrogens is 376 g/mol. The van der Waals surface area contributed by atoms with Crippen molar-refractivity contribution in [3.05, 3.63) is 23.5 Å². The lowest BCUT2D eigenvalue weighted by Gasteiger charge is -2.60. The minimum Gasteiger partial charge on any atom is -0.494 e. The molecule has 0 aromatic heterocycles. The molecule has 5 aliphatic carbocycles. The van der Waals surface area contributed by atoms with Crippen molar-refractivity contribution >= 4 is 5.97 Å². The molecule has 30 heavy (non-hydrogen) atoms. The van der Waals surface area contributed by atoms with Crippen molar-refractivity contribution in [3.8, 4) is 0 Å². The Bertz CT molecular complexity index is 754. The van der Waals surface area contributed by atoms with Gasteiger partial charge in [0.2, 0.25) is 0 Å². The molecule has 0 saturated heterocycles. The molecular formula is C26H38O4. The number of allylic oxidation sites excluding steroid dienone is 3. The average Bonchev–Trinajstić information content (AvgIpc) is 3.35. The number of esters is 1. The SMILES string of the molecule is CC(=O)O[C@H]1CCC2C3CCC4=CCCC(OC5=CCCC5)[C@]4(CO)C3CC[C@@]21C. The second kappa shape index (κ2) is 7.69. The fraction of sp³-hybridized carbons (Fsp3) is 0.808. The number of carbonyl (C=O) groups is 1. The lowest BCUT2D eigenvalue weighted by molar-refractivity contribution is -0.162. The topological polar surface area (TPSA) is 55.8 Å². The third kappa shape index (κ3) is 3.00. The van der Waals surface area contributed by atoms with E-state index in [1.165, 1.54) is 18.4 Å². The van der Waals surface area contributed by atoms with Crippen LogP contribution in [0.15, 0.2) is 23.5 Å². The van der Waals surface area contributed by atoms with Gasteiger partial charge >= 0.3 is 5.97 Å². The van der Waals surface area contributed by atoms with E-state index < -0.39 is 0 Å². The van der Waals surface area contributed by atoms with Crippen LogP contribution in [0.1, 0.15) is 84.5 Å². The van der Waals surface area contributed by atoms with Crippen molar-refractivity contribution in [1.29, 1.82) is 0 Å². The summed E-state index contributed by atoms with van der Waals surface area (Å²) in [5.41, 5.74) is 1.34. The van der Waals surface area contributed by atoms with Gasteiger partial charge in [-0.25, -0.2) is 0 Å². The van der Waals surface area contributed by atoms with Crippen molar-refractivity contribution in [1.82, 2.24) is 0 Å². The second-order valence-corrected chi connectivity index (χ2v) is 10.8. The first kappa shape index (κ1) is 20.6. The van der Waals surface area contributed by atoms with Crippen LogP contribution < -0.4 is 0 Å². The van der Waals surface area contributed by atoms with E-state index >= 15 is 0 Å². The average molecular weight is 415 g/mol. The third-order valence-electron chi connectivity index (χ3n) is 9.61. The van der Waals surface area contributed by atoms with Gasteiger partial charge in [-0.2, -0.15) is 0 Å². The third-order valence-corrected chi connectivity index (χ3v) is 9.61. The van der Waals surface area contributed by atoms with E-state index in [-0.39, 0.29) is 35.6 Å². The zero-order valence-corrected chi connectivity index (χ0v) is 18.7. The summed E-state index contributed by atoms with van der Waals surface area (Å²) >= 11 is 0. The summed E-state index contributed by atoms with van der Waals surface area (Å²) in [5.74, 6) is 2.67. The summed E-state index contributed by atoms with van der Waals surface area (Å²) in [7, 11) is 0. The lowest BCUT2D eigenvalue weighted by Crippen LogP contribution is -2.58. The molecule has 1 N–H and O–H groups in total. The van der Waals surface area contributed by atoms with E-state index in [0.29, 0.717) is 17.8 Å². The van der Waals surface area contributed by atoms with Crippen molar-refractivity contribution < 1.29 is 19.4 Å². The van der Waals surface area contributed by atoms with Gasteiger partial charge in [-0.1, -0.05) is 18.6 Å². The second-order valence-electron chi connectivity index (χ2n) is 10.8. The first-order valence-corrected chi connectivity index (χ1v) is 12.3. The lowest BCUT2D eigenvalue weighted by atomic mass is 9.46. The van der Waals surface area contributed by atoms with Crippen LogP contribution in [0.3, 0.4) is 0 Å². The van der Waals surface area contributed by atoms with Gasteiger partial charge in [0.25, 0.3) is 0 Å². The Morgan fingerprint density at radius 2 is 1.93 bits per heavy atom. The fourth-order valence-electron chi connectivity index (χ4n) is 8.29. The molecule has 3 fully saturated rings. The smallest absolute Gasteiger partial charge is 0.302 e. The highest BCUT2D eigenvalue weighted by Gasteiger charge is 2.63. The highest BCUT2D eigenvalue weighted by atomic mass is 16.5. The molecule has 166 valence electrons. The maximum Gasteiger partial charge on any atom is 0.302 e. The molecule has 4 heteroatoms. The van der Waals surface area contributed by atoms with E-state index in [1.807, 2.05) is 0 Å². The molecule has 7 atom stereocenters. The Balaban J connectivity index is 1.46. The largest absolute Gasteiger partial charge is 0.494 e. The van der Waals surface area contributed by atoms with Gasteiger partial charge in [-0.05, 0) is 88.0 Å². The van der Waals surface area contributed by atoms with Gasteiger partial charge in [0.15, 0.2) is 0 Å². The summed E-state index contributed by atoms with van der Waals surface area (Å²) in [5, 5.41) is 10.9. The zero-order chi connectivity index (χ0) is 20.9. The highest BCUT2D eigenvalue weighted by Crippen LogP contribution is 2.66. The number of carbonyl (C=O) groups excluding carboxylic acids is 1. The number of ether oxygens (including phenoxy) is 2. The van der Waals surface area contributed by atoms with E-state index in [9.17, 15) is 9.90 Å². The van der Waals surface area contributed by atoms with E-state index in [2.05, 4.69) is 19.1 Å².